The highest BCUT2D eigenvalue weighted by molar-refractivity contribution is 5.33. The minimum Gasteiger partial charge on any atom is -0.393 e. The van der Waals surface area contributed by atoms with Crippen LogP contribution in [0, 0.1) is 17.3 Å². The van der Waals surface area contributed by atoms with Crippen LogP contribution in [0.15, 0.2) is 11.6 Å². The van der Waals surface area contributed by atoms with Gasteiger partial charge < -0.3 is 30.6 Å². The van der Waals surface area contributed by atoms with Crippen molar-refractivity contribution in [3.63, 3.8) is 0 Å². The number of aliphatic hydroxyl groups excluding tert-OH is 3. The molecule has 4 rings (SSSR count). The Kier molecular flexibility index (Phi) is 4.00. The molecule has 0 bridgehead atoms. The zero-order valence-electron chi connectivity index (χ0n) is 15.6. The minimum absolute atomic E-state index is 0.144. The third-order valence-corrected chi connectivity index (χ3v) is 8.46. The standard InChI is InChI=1S/C20H32O6/c1-11(21)18(24)7-8-19(25)14-4-3-12-9-13(22)5-6-17(12,2)15(14)16(23)20(19,26)10-18/h3,11,13-16,21-26H,4-10H2,1-2H3. The summed E-state index contributed by atoms with van der Waals surface area (Å²) >= 11 is 0. The SMILES string of the molecule is CC(O)C1(O)CCC2(O)C3CC=C4CC(O)CCC4(C)C3C(O)C2(O)C1. The highest BCUT2D eigenvalue weighted by Crippen LogP contribution is 2.66. The van der Waals surface area contributed by atoms with E-state index < -0.39 is 29.0 Å². The van der Waals surface area contributed by atoms with Crippen molar-refractivity contribution in [1.29, 1.82) is 0 Å². The Hall–Kier alpha value is -0.500. The molecule has 4 aliphatic carbocycles. The molecule has 9 atom stereocenters. The second-order valence-electron chi connectivity index (χ2n) is 9.66. The van der Waals surface area contributed by atoms with Crippen molar-refractivity contribution < 1.29 is 30.6 Å². The van der Waals surface area contributed by atoms with Gasteiger partial charge in [-0.15, -0.1) is 0 Å². The Morgan fingerprint density at radius 1 is 1.08 bits per heavy atom. The maximum Gasteiger partial charge on any atom is 0.122 e. The van der Waals surface area contributed by atoms with Gasteiger partial charge >= 0.3 is 0 Å². The Labute approximate surface area is 154 Å². The third kappa shape index (κ3) is 2.14. The quantitative estimate of drug-likeness (QED) is 0.369. The molecule has 148 valence electrons. The molecule has 3 fully saturated rings. The molecule has 0 aliphatic heterocycles. The predicted octanol–water partition coefficient (Wildman–Crippen LogP) is 0.232. The van der Waals surface area contributed by atoms with Gasteiger partial charge in [0, 0.05) is 18.3 Å². The second kappa shape index (κ2) is 5.52. The molecule has 6 heteroatoms. The first-order valence-electron chi connectivity index (χ1n) is 9.89. The molecule has 6 nitrogen and oxygen atoms in total. The van der Waals surface area contributed by atoms with Crippen molar-refractivity contribution in [1.82, 2.24) is 0 Å². The average Bonchev–Trinajstić information content (AvgIpc) is 2.74. The fourth-order valence-corrected chi connectivity index (χ4v) is 6.69. The first-order valence-corrected chi connectivity index (χ1v) is 9.89. The number of hydrogen-bond donors (Lipinski definition) is 6. The summed E-state index contributed by atoms with van der Waals surface area (Å²) in [5, 5.41) is 65.1. The van der Waals surface area contributed by atoms with Gasteiger partial charge in [0.15, 0.2) is 0 Å². The van der Waals surface area contributed by atoms with Gasteiger partial charge in [-0.1, -0.05) is 18.6 Å². The van der Waals surface area contributed by atoms with Crippen LogP contribution in [0.2, 0.25) is 0 Å². The molecule has 26 heavy (non-hydrogen) atoms. The zero-order valence-corrected chi connectivity index (χ0v) is 15.6. The number of allylic oxidation sites excluding steroid dienone is 1. The molecule has 0 amide bonds. The number of rotatable bonds is 1. The van der Waals surface area contributed by atoms with Gasteiger partial charge in [0.1, 0.15) is 5.60 Å². The van der Waals surface area contributed by atoms with Crippen LogP contribution in [0.5, 0.6) is 0 Å². The summed E-state index contributed by atoms with van der Waals surface area (Å²) in [6, 6.07) is 0. The highest BCUT2D eigenvalue weighted by Gasteiger charge is 2.74. The van der Waals surface area contributed by atoms with E-state index >= 15 is 0 Å². The molecule has 6 N–H and O–H groups in total. The molecular formula is C20H32O6. The highest BCUT2D eigenvalue weighted by atomic mass is 16.4. The Balaban J connectivity index is 1.76. The summed E-state index contributed by atoms with van der Waals surface area (Å²) in [4.78, 5) is 0. The van der Waals surface area contributed by atoms with Crippen molar-refractivity contribution in [3.05, 3.63) is 11.6 Å². The van der Waals surface area contributed by atoms with Crippen LogP contribution in [0.1, 0.15) is 58.8 Å². The van der Waals surface area contributed by atoms with Crippen LogP contribution in [-0.4, -0.2) is 65.8 Å². The third-order valence-electron chi connectivity index (χ3n) is 8.46. The van der Waals surface area contributed by atoms with Crippen LogP contribution < -0.4 is 0 Å². The van der Waals surface area contributed by atoms with Crippen molar-refractivity contribution in [3.8, 4) is 0 Å². The van der Waals surface area contributed by atoms with Gasteiger partial charge in [0.05, 0.1) is 29.5 Å². The lowest BCUT2D eigenvalue weighted by Gasteiger charge is -2.52. The summed E-state index contributed by atoms with van der Waals surface area (Å²) in [7, 11) is 0. The minimum atomic E-state index is -1.85. The summed E-state index contributed by atoms with van der Waals surface area (Å²) in [6.07, 6.45) is 2.00. The molecular weight excluding hydrogens is 336 g/mol. The van der Waals surface area contributed by atoms with Gasteiger partial charge in [-0.2, -0.15) is 0 Å². The Morgan fingerprint density at radius 3 is 2.42 bits per heavy atom. The van der Waals surface area contributed by atoms with E-state index in [1.165, 1.54) is 6.92 Å². The van der Waals surface area contributed by atoms with Crippen LogP contribution in [-0.2, 0) is 0 Å². The molecule has 3 saturated carbocycles. The molecule has 0 heterocycles. The lowest BCUT2D eigenvalue weighted by molar-refractivity contribution is -0.251. The summed E-state index contributed by atoms with van der Waals surface area (Å²) in [6.45, 7) is 3.54. The molecule has 0 spiro atoms. The van der Waals surface area contributed by atoms with Gasteiger partial charge in [0.2, 0.25) is 0 Å². The van der Waals surface area contributed by atoms with E-state index in [2.05, 4.69) is 13.0 Å². The first kappa shape index (κ1) is 18.8. The maximum absolute atomic E-state index is 11.5. The number of aliphatic hydroxyl groups is 6. The molecule has 9 unspecified atom stereocenters. The predicted molar refractivity (Wildman–Crippen MR) is 94.0 cm³/mol. The average molecular weight is 368 g/mol. The topological polar surface area (TPSA) is 121 Å². The Morgan fingerprint density at radius 2 is 1.77 bits per heavy atom. The molecule has 4 aliphatic rings. The number of hydrogen-bond acceptors (Lipinski definition) is 6. The van der Waals surface area contributed by atoms with Crippen molar-refractivity contribution in [2.45, 2.75) is 93.9 Å². The summed E-state index contributed by atoms with van der Waals surface area (Å²) in [5.74, 6) is -0.633. The Bertz CT molecular complexity index is 634. The van der Waals surface area contributed by atoms with E-state index in [1.807, 2.05) is 0 Å². The van der Waals surface area contributed by atoms with E-state index in [9.17, 15) is 30.6 Å². The molecule has 0 saturated heterocycles. The normalized spacial score (nSPS) is 57.6. The lowest BCUT2D eigenvalue weighted by atomic mass is 9.55. The fourth-order valence-electron chi connectivity index (χ4n) is 6.69. The van der Waals surface area contributed by atoms with Gasteiger partial charge in [-0.3, -0.25) is 0 Å². The van der Waals surface area contributed by atoms with Gasteiger partial charge in [-0.25, -0.2) is 0 Å². The summed E-state index contributed by atoms with van der Waals surface area (Å²) < 4.78 is 0. The van der Waals surface area contributed by atoms with E-state index in [-0.39, 0.29) is 42.6 Å². The van der Waals surface area contributed by atoms with E-state index in [1.54, 1.807) is 0 Å². The zero-order chi connectivity index (χ0) is 19.1. The van der Waals surface area contributed by atoms with E-state index in [0.717, 1.165) is 5.57 Å². The van der Waals surface area contributed by atoms with E-state index in [0.29, 0.717) is 25.7 Å². The fraction of sp³-hybridized carbons (Fsp3) is 0.900. The van der Waals surface area contributed by atoms with Crippen LogP contribution in [0.25, 0.3) is 0 Å². The number of fused-ring (bicyclic) bond motifs is 5. The molecule has 0 aromatic rings. The monoisotopic (exact) mass is 368 g/mol. The van der Waals surface area contributed by atoms with Crippen molar-refractivity contribution >= 4 is 0 Å². The van der Waals surface area contributed by atoms with Crippen LogP contribution >= 0.6 is 0 Å². The maximum atomic E-state index is 11.5. The van der Waals surface area contributed by atoms with Gasteiger partial charge in [0.25, 0.3) is 0 Å². The lowest BCUT2D eigenvalue weighted by Crippen LogP contribution is -2.66. The van der Waals surface area contributed by atoms with Crippen molar-refractivity contribution in [2.24, 2.45) is 17.3 Å². The van der Waals surface area contributed by atoms with Crippen LogP contribution in [0.3, 0.4) is 0 Å². The molecule has 0 radical (unpaired) electrons. The largest absolute Gasteiger partial charge is 0.393 e. The summed E-state index contributed by atoms with van der Waals surface area (Å²) in [5.41, 5.74) is -4.13. The van der Waals surface area contributed by atoms with Crippen molar-refractivity contribution in [2.75, 3.05) is 0 Å². The smallest absolute Gasteiger partial charge is 0.122 e. The second-order valence-corrected chi connectivity index (χ2v) is 9.66. The van der Waals surface area contributed by atoms with Crippen LogP contribution in [0.4, 0.5) is 0 Å². The van der Waals surface area contributed by atoms with E-state index in [4.69, 9.17) is 0 Å². The molecule has 0 aromatic carbocycles. The first-order chi connectivity index (χ1) is 12.0. The van der Waals surface area contributed by atoms with Gasteiger partial charge in [-0.05, 0) is 50.9 Å². The molecule has 0 aromatic heterocycles.